The molecule has 1 heterocycles. The van der Waals surface area contributed by atoms with Crippen LogP contribution in [0.15, 0.2) is 36.5 Å². The molecule has 0 fully saturated rings. The van der Waals surface area contributed by atoms with Crippen LogP contribution in [0.25, 0.3) is 11.4 Å². The summed E-state index contributed by atoms with van der Waals surface area (Å²) in [6, 6.07) is 9.67. The molecular formula is C11H11N3O. The molecule has 2 rings (SSSR count). The number of carbonyl (C=O) groups excluding carboxylic acids is 1. The maximum Gasteiger partial charge on any atom is 0.271 e. The molecule has 4 nitrogen and oxygen atoms in total. The van der Waals surface area contributed by atoms with Crippen LogP contribution in [0.2, 0.25) is 0 Å². The van der Waals surface area contributed by atoms with Crippen LogP contribution in [0.3, 0.4) is 0 Å². The van der Waals surface area contributed by atoms with Gasteiger partial charge in [0.1, 0.15) is 11.5 Å². The highest BCUT2D eigenvalue weighted by Gasteiger charge is 2.08. The lowest BCUT2D eigenvalue weighted by Crippen LogP contribution is -2.17. The predicted octanol–water partition coefficient (Wildman–Crippen LogP) is 1.44. The van der Waals surface area contributed by atoms with Crippen LogP contribution >= 0.6 is 0 Å². The minimum Gasteiger partial charge on any atom is -0.354 e. The third-order valence-corrected chi connectivity index (χ3v) is 2.08. The Morgan fingerprint density at radius 3 is 2.73 bits per heavy atom. The zero-order chi connectivity index (χ0) is 10.7. The van der Waals surface area contributed by atoms with Crippen molar-refractivity contribution in [3.8, 4) is 11.4 Å². The fourth-order valence-electron chi connectivity index (χ4n) is 1.31. The van der Waals surface area contributed by atoms with E-state index in [4.69, 9.17) is 0 Å². The first kappa shape index (κ1) is 9.45. The Hall–Kier alpha value is -2.10. The fraction of sp³-hybridized carbons (Fsp3) is 0.0909. The van der Waals surface area contributed by atoms with E-state index in [1.807, 2.05) is 30.3 Å². The van der Waals surface area contributed by atoms with Gasteiger partial charge in [-0.3, -0.25) is 4.79 Å². The first-order chi connectivity index (χ1) is 7.31. The van der Waals surface area contributed by atoms with Crippen LogP contribution in [-0.4, -0.2) is 22.9 Å². The van der Waals surface area contributed by atoms with Gasteiger partial charge in [0.15, 0.2) is 0 Å². The van der Waals surface area contributed by atoms with Crippen LogP contribution in [-0.2, 0) is 0 Å². The van der Waals surface area contributed by atoms with Crippen molar-refractivity contribution in [2.45, 2.75) is 0 Å². The van der Waals surface area contributed by atoms with Crippen molar-refractivity contribution in [1.82, 2.24) is 15.3 Å². The largest absolute Gasteiger partial charge is 0.354 e. The topological polar surface area (TPSA) is 57.8 Å². The molecule has 4 heteroatoms. The molecule has 0 atom stereocenters. The molecule has 0 bridgehead atoms. The van der Waals surface area contributed by atoms with Crippen molar-refractivity contribution in [3.05, 3.63) is 42.2 Å². The van der Waals surface area contributed by atoms with Gasteiger partial charge in [-0.2, -0.15) is 0 Å². The first-order valence-electron chi connectivity index (χ1n) is 4.64. The maximum absolute atomic E-state index is 11.3. The molecule has 2 aromatic rings. The highest BCUT2D eigenvalue weighted by molar-refractivity contribution is 5.92. The Labute approximate surface area is 87.4 Å². The Kier molecular flexibility index (Phi) is 2.49. The van der Waals surface area contributed by atoms with Gasteiger partial charge in [-0.15, -0.1) is 0 Å². The third-order valence-electron chi connectivity index (χ3n) is 2.08. The Bertz CT molecular complexity index is 462. The number of hydrogen-bond donors (Lipinski definition) is 2. The number of rotatable bonds is 2. The van der Waals surface area contributed by atoms with Crippen LogP contribution in [0.5, 0.6) is 0 Å². The van der Waals surface area contributed by atoms with Crippen LogP contribution in [0.1, 0.15) is 10.5 Å². The minimum absolute atomic E-state index is 0.187. The summed E-state index contributed by atoms with van der Waals surface area (Å²) in [5, 5.41) is 2.52. The summed E-state index contributed by atoms with van der Waals surface area (Å²) in [5.74, 6) is 0.516. The van der Waals surface area contributed by atoms with Gasteiger partial charge in [0.05, 0.1) is 0 Å². The second-order valence-electron chi connectivity index (χ2n) is 3.08. The van der Waals surface area contributed by atoms with Crippen LogP contribution in [0, 0.1) is 0 Å². The molecule has 0 saturated carbocycles. The monoisotopic (exact) mass is 201 g/mol. The van der Waals surface area contributed by atoms with Gasteiger partial charge >= 0.3 is 0 Å². The second-order valence-corrected chi connectivity index (χ2v) is 3.08. The molecular weight excluding hydrogens is 190 g/mol. The molecule has 0 aliphatic carbocycles. The number of nitrogens with one attached hydrogen (secondary N) is 2. The predicted molar refractivity (Wildman–Crippen MR) is 57.4 cm³/mol. The van der Waals surface area contributed by atoms with E-state index in [0.717, 1.165) is 5.56 Å². The molecule has 1 amide bonds. The SMILES string of the molecule is CNC(=O)c1c[nH]c(-c2ccccc2)n1. The number of aromatic amines is 1. The third kappa shape index (κ3) is 1.88. The van der Waals surface area contributed by atoms with Crippen LogP contribution in [0.4, 0.5) is 0 Å². The summed E-state index contributed by atoms with van der Waals surface area (Å²) in [7, 11) is 1.58. The summed E-state index contributed by atoms with van der Waals surface area (Å²) in [6.07, 6.45) is 1.60. The Balaban J connectivity index is 2.32. The van der Waals surface area contributed by atoms with E-state index < -0.39 is 0 Å². The lowest BCUT2D eigenvalue weighted by Gasteiger charge is -1.94. The molecule has 0 saturated heterocycles. The molecule has 1 aromatic carbocycles. The lowest BCUT2D eigenvalue weighted by atomic mass is 10.2. The average Bonchev–Trinajstić information content (AvgIpc) is 2.78. The molecule has 0 aliphatic rings. The van der Waals surface area contributed by atoms with Crippen molar-refractivity contribution >= 4 is 5.91 Å². The molecule has 1 aromatic heterocycles. The number of nitrogens with zero attached hydrogens (tertiary/aromatic N) is 1. The van der Waals surface area contributed by atoms with Gasteiger partial charge in [-0.1, -0.05) is 30.3 Å². The van der Waals surface area contributed by atoms with E-state index >= 15 is 0 Å². The maximum atomic E-state index is 11.3. The van der Waals surface area contributed by atoms with Crippen molar-refractivity contribution in [1.29, 1.82) is 0 Å². The van der Waals surface area contributed by atoms with E-state index in [1.165, 1.54) is 0 Å². The van der Waals surface area contributed by atoms with Gasteiger partial charge in [0.25, 0.3) is 5.91 Å². The highest BCUT2D eigenvalue weighted by atomic mass is 16.1. The van der Waals surface area contributed by atoms with Gasteiger partial charge < -0.3 is 10.3 Å². The van der Waals surface area contributed by atoms with Crippen LogP contribution < -0.4 is 5.32 Å². The summed E-state index contributed by atoms with van der Waals surface area (Å²) in [4.78, 5) is 18.4. The number of amides is 1. The Morgan fingerprint density at radius 2 is 2.07 bits per heavy atom. The fourth-order valence-corrected chi connectivity index (χ4v) is 1.31. The summed E-state index contributed by atoms with van der Waals surface area (Å²) >= 11 is 0. The zero-order valence-corrected chi connectivity index (χ0v) is 8.32. The van der Waals surface area contributed by atoms with Crippen molar-refractivity contribution in [3.63, 3.8) is 0 Å². The highest BCUT2D eigenvalue weighted by Crippen LogP contribution is 2.14. The van der Waals surface area contributed by atoms with E-state index in [-0.39, 0.29) is 5.91 Å². The Morgan fingerprint density at radius 1 is 1.33 bits per heavy atom. The minimum atomic E-state index is -0.187. The van der Waals surface area contributed by atoms with Gasteiger partial charge in [0.2, 0.25) is 0 Å². The molecule has 15 heavy (non-hydrogen) atoms. The molecule has 0 aliphatic heterocycles. The summed E-state index contributed by atoms with van der Waals surface area (Å²) < 4.78 is 0. The summed E-state index contributed by atoms with van der Waals surface area (Å²) in [6.45, 7) is 0. The average molecular weight is 201 g/mol. The van der Waals surface area contributed by atoms with Crippen molar-refractivity contribution < 1.29 is 4.79 Å². The molecule has 0 spiro atoms. The van der Waals surface area contributed by atoms with E-state index in [1.54, 1.807) is 13.2 Å². The van der Waals surface area contributed by atoms with Gasteiger partial charge in [-0.05, 0) is 0 Å². The smallest absolute Gasteiger partial charge is 0.271 e. The molecule has 76 valence electrons. The van der Waals surface area contributed by atoms with Gasteiger partial charge in [0, 0.05) is 18.8 Å². The second kappa shape index (κ2) is 3.96. The molecule has 0 unspecified atom stereocenters. The van der Waals surface area contributed by atoms with E-state index in [9.17, 15) is 4.79 Å². The van der Waals surface area contributed by atoms with Gasteiger partial charge in [-0.25, -0.2) is 4.98 Å². The molecule has 2 N–H and O–H groups in total. The first-order valence-corrected chi connectivity index (χ1v) is 4.64. The zero-order valence-electron chi connectivity index (χ0n) is 8.32. The van der Waals surface area contributed by atoms with Crippen molar-refractivity contribution in [2.24, 2.45) is 0 Å². The standard InChI is InChI=1S/C11H11N3O/c1-12-11(15)9-7-13-10(14-9)8-5-3-2-4-6-8/h2-7H,1H3,(H,12,15)(H,13,14). The number of aromatic nitrogens is 2. The number of benzene rings is 1. The number of H-pyrrole nitrogens is 1. The molecule has 0 radical (unpaired) electrons. The quantitative estimate of drug-likeness (QED) is 0.772. The van der Waals surface area contributed by atoms with Crippen molar-refractivity contribution in [2.75, 3.05) is 7.05 Å². The van der Waals surface area contributed by atoms with E-state index in [0.29, 0.717) is 11.5 Å². The summed E-state index contributed by atoms with van der Waals surface area (Å²) in [5.41, 5.74) is 1.36. The number of hydrogen-bond acceptors (Lipinski definition) is 2. The number of imidazole rings is 1. The number of carbonyl (C=O) groups is 1. The lowest BCUT2D eigenvalue weighted by molar-refractivity contribution is 0.0958. The van der Waals surface area contributed by atoms with E-state index in [2.05, 4.69) is 15.3 Å². The normalized spacial score (nSPS) is 9.93.